The second kappa shape index (κ2) is 8.01. The first-order chi connectivity index (χ1) is 12.2. The Morgan fingerprint density at radius 1 is 0.920 bits per heavy atom. The summed E-state index contributed by atoms with van der Waals surface area (Å²) >= 11 is 0. The normalized spacial score (nSPS) is 14.6. The molecule has 0 radical (unpaired) electrons. The number of aromatic nitrogens is 1. The number of H-pyrrole nitrogens is 1. The molecule has 0 spiro atoms. The third-order valence-electron chi connectivity index (χ3n) is 4.72. The smallest absolute Gasteiger partial charge is 0.255 e. The summed E-state index contributed by atoms with van der Waals surface area (Å²) in [6, 6.07) is 9.72. The predicted molar refractivity (Wildman–Crippen MR) is 97.7 cm³/mol. The molecule has 3 rings (SSSR count). The lowest BCUT2D eigenvalue weighted by molar-refractivity contribution is 0.0535. The second-order valence-electron chi connectivity index (χ2n) is 6.48. The van der Waals surface area contributed by atoms with Gasteiger partial charge in [-0.3, -0.25) is 9.59 Å². The molecular formula is C20H25N3O2. The van der Waals surface area contributed by atoms with Crippen LogP contribution in [0.3, 0.4) is 0 Å². The standard InChI is InChI=1S/C20H25N3O2/c1-2-3-4-16-5-7-17(8-6-16)19(24)22-11-13-23(14-12-22)20(25)18-9-10-21-15-18/h5-10,15,21H,2-4,11-14H2,1H3. The first-order valence-corrected chi connectivity index (χ1v) is 8.99. The zero-order valence-corrected chi connectivity index (χ0v) is 14.7. The van der Waals surface area contributed by atoms with E-state index in [0.29, 0.717) is 31.7 Å². The fourth-order valence-electron chi connectivity index (χ4n) is 3.13. The molecular weight excluding hydrogens is 314 g/mol. The van der Waals surface area contributed by atoms with Crippen LogP contribution in [0, 0.1) is 0 Å². The Kier molecular flexibility index (Phi) is 5.53. The van der Waals surface area contributed by atoms with E-state index in [9.17, 15) is 9.59 Å². The Bertz CT molecular complexity index is 699. The van der Waals surface area contributed by atoms with Crippen molar-refractivity contribution in [1.82, 2.24) is 14.8 Å². The van der Waals surface area contributed by atoms with E-state index in [0.717, 1.165) is 12.0 Å². The molecule has 25 heavy (non-hydrogen) atoms. The van der Waals surface area contributed by atoms with Crippen LogP contribution in [0.15, 0.2) is 42.7 Å². The molecule has 1 N–H and O–H groups in total. The van der Waals surface area contributed by atoms with Gasteiger partial charge in [0.25, 0.3) is 11.8 Å². The summed E-state index contributed by atoms with van der Waals surface area (Å²) in [6.45, 7) is 4.48. The van der Waals surface area contributed by atoms with Crippen molar-refractivity contribution in [2.45, 2.75) is 26.2 Å². The summed E-state index contributed by atoms with van der Waals surface area (Å²) in [5.41, 5.74) is 2.67. The van der Waals surface area contributed by atoms with Crippen LogP contribution >= 0.6 is 0 Å². The molecule has 132 valence electrons. The zero-order valence-electron chi connectivity index (χ0n) is 14.7. The number of piperazine rings is 1. The Morgan fingerprint density at radius 2 is 1.52 bits per heavy atom. The van der Waals surface area contributed by atoms with Crippen LogP contribution in [0.5, 0.6) is 0 Å². The third-order valence-corrected chi connectivity index (χ3v) is 4.72. The van der Waals surface area contributed by atoms with Crippen molar-refractivity contribution in [2.75, 3.05) is 26.2 Å². The van der Waals surface area contributed by atoms with E-state index in [4.69, 9.17) is 0 Å². The summed E-state index contributed by atoms with van der Waals surface area (Å²) in [6.07, 6.45) is 6.86. The molecule has 1 fully saturated rings. The van der Waals surface area contributed by atoms with Crippen LogP contribution in [-0.2, 0) is 6.42 Å². The largest absolute Gasteiger partial charge is 0.367 e. The number of carbonyl (C=O) groups excluding carboxylic acids is 2. The van der Waals surface area contributed by atoms with Crippen molar-refractivity contribution in [3.63, 3.8) is 0 Å². The molecule has 1 saturated heterocycles. The van der Waals surface area contributed by atoms with Gasteiger partial charge in [-0.05, 0) is 36.6 Å². The summed E-state index contributed by atoms with van der Waals surface area (Å²) in [7, 11) is 0. The highest BCUT2D eigenvalue weighted by Crippen LogP contribution is 2.13. The lowest BCUT2D eigenvalue weighted by Gasteiger charge is -2.34. The Balaban J connectivity index is 1.55. The van der Waals surface area contributed by atoms with Gasteiger partial charge in [0.05, 0.1) is 5.56 Å². The van der Waals surface area contributed by atoms with E-state index in [1.54, 1.807) is 23.4 Å². The minimum atomic E-state index is 0.0219. The summed E-state index contributed by atoms with van der Waals surface area (Å²) in [5.74, 6) is 0.0735. The van der Waals surface area contributed by atoms with E-state index in [-0.39, 0.29) is 11.8 Å². The predicted octanol–water partition coefficient (Wildman–Crippen LogP) is 2.96. The molecule has 1 aromatic heterocycles. The van der Waals surface area contributed by atoms with E-state index < -0.39 is 0 Å². The van der Waals surface area contributed by atoms with Crippen molar-refractivity contribution < 1.29 is 9.59 Å². The average molecular weight is 339 g/mol. The molecule has 1 aliphatic rings. The molecule has 0 saturated carbocycles. The lowest BCUT2D eigenvalue weighted by Crippen LogP contribution is -2.50. The van der Waals surface area contributed by atoms with E-state index >= 15 is 0 Å². The van der Waals surface area contributed by atoms with Gasteiger partial charge in [0.15, 0.2) is 0 Å². The lowest BCUT2D eigenvalue weighted by atomic mass is 10.1. The molecule has 1 aromatic carbocycles. The van der Waals surface area contributed by atoms with Gasteiger partial charge in [0.1, 0.15) is 0 Å². The van der Waals surface area contributed by atoms with Gasteiger partial charge in [-0.15, -0.1) is 0 Å². The SMILES string of the molecule is CCCCc1ccc(C(=O)N2CCN(C(=O)c3cc[nH]c3)CC2)cc1. The number of benzene rings is 1. The van der Waals surface area contributed by atoms with E-state index in [2.05, 4.69) is 24.0 Å². The van der Waals surface area contributed by atoms with Crippen LogP contribution < -0.4 is 0 Å². The molecule has 0 unspecified atom stereocenters. The highest BCUT2D eigenvalue weighted by atomic mass is 16.2. The van der Waals surface area contributed by atoms with E-state index in [1.165, 1.54) is 18.4 Å². The van der Waals surface area contributed by atoms with Crippen LogP contribution in [0.25, 0.3) is 0 Å². The van der Waals surface area contributed by atoms with Gasteiger partial charge >= 0.3 is 0 Å². The molecule has 2 heterocycles. The van der Waals surface area contributed by atoms with E-state index in [1.807, 2.05) is 17.0 Å². The fraction of sp³-hybridized carbons (Fsp3) is 0.400. The average Bonchev–Trinajstić information content (AvgIpc) is 3.20. The fourth-order valence-corrected chi connectivity index (χ4v) is 3.13. The molecule has 5 nitrogen and oxygen atoms in total. The second-order valence-corrected chi connectivity index (χ2v) is 6.48. The number of amides is 2. The molecule has 2 amide bonds. The van der Waals surface area contributed by atoms with Crippen LogP contribution in [0.1, 0.15) is 46.0 Å². The van der Waals surface area contributed by atoms with Gasteiger partial charge in [-0.2, -0.15) is 0 Å². The zero-order chi connectivity index (χ0) is 17.6. The van der Waals surface area contributed by atoms with Crippen molar-refractivity contribution in [2.24, 2.45) is 0 Å². The summed E-state index contributed by atoms with van der Waals surface area (Å²) in [4.78, 5) is 31.5. The topological polar surface area (TPSA) is 56.4 Å². The Hall–Kier alpha value is -2.56. The number of aromatic amines is 1. The van der Waals surface area contributed by atoms with Gasteiger partial charge in [0.2, 0.25) is 0 Å². The van der Waals surface area contributed by atoms with Crippen LogP contribution in [0.4, 0.5) is 0 Å². The first-order valence-electron chi connectivity index (χ1n) is 8.99. The van der Waals surface area contributed by atoms with Gasteiger partial charge < -0.3 is 14.8 Å². The van der Waals surface area contributed by atoms with Gasteiger partial charge in [0, 0.05) is 44.1 Å². The maximum Gasteiger partial charge on any atom is 0.255 e. The highest BCUT2D eigenvalue weighted by molar-refractivity contribution is 5.95. The molecule has 0 atom stereocenters. The van der Waals surface area contributed by atoms with Crippen molar-refractivity contribution >= 4 is 11.8 Å². The molecule has 0 aliphatic carbocycles. The number of nitrogens with zero attached hydrogens (tertiary/aromatic N) is 2. The maximum absolute atomic E-state index is 12.6. The Morgan fingerprint density at radius 3 is 2.04 bits per heavy atom. The van der Waals surface area contributed by atoms with Gasteiger partial charge in [-0.1, -0.05) is 25.5 Å². The summed E-state index contributed by atoms with van der Waals surface area (Å²) < 4.78 is 0. The molecule has 5 heteroatoms. The highest BCUT2D eigenvalue weighted by Gasteiger charge is 2.25. The van der Waals surface area contributed by atoms with Crippen LogP contribution in [0.2, 0.25) is 0 Å². The maximum atomic E-state index is 12.6. The van der Waals surface area contributed by atoms with Crippen LogP contribution in [-0.4, -0.2) is 52.8 Å². The van der Waals surface area contributed by atoms with Gasteiger partial charge in [-0.25, -0.2) is 0 Å². The Labute approximate surface area is 148 Å². The number of hydrogen-bond donors (Lipinski definition) is 1. The first kappa shape index (κ1) is 17.3. The monoisotopic (exact) mass is 339 g/mol. The molecule has 2 aromatic rings. The number of hydrogen-bond acceptors (Lipinski definition) is 2. The number of rotatable bonds is 5. The minimum absolute atomic E-state index is 0.0219. The molecule has 1 aliphatic heterocycles. The van der Waals surface area contributed by atoms with Crippen molar-refractivity contribution in [3.8, 4) is 0 Å². The summed E-state index contributed by atoms with van der Waals surface area (Å²) in [5, 5.41) is 0. The number of unbranched alkanes of at least 4 members (excludes halogenated alkanes) is 1. The third kappa shape index (κ3) is 4.10. The quantitative estimate of drug-likeness (QED) is 0.910. The minimum Gasteiger partial charge on any atom is -0.367 e. The number of aryl methyl sites for hydroxylation is 1. The molecule has 0 bridgehead atoms. The van der Waals surface area contributed by atoms with Crippen molar-refractivity contribution in [3.05, 3.63) is 59.4 Å². The number of carbonyl (C=O) groups is 2. The number of nitrogens with one attached hydrogen (secondary N) is 1. The van der Waals surface area contributed by atoms with Crippen molar-refractivity contribution in [1.29, 1.82) is 0 Å².